The second-order valence-electron chi connectivity index (χ2n) is 4.35. The van der Waals surface area contributed by atoms with Gasteiger partial charge in [0.15, 0.2) is 5.52 Å². The lowest BCUT2D eigenvalue weighted by molar-refractivity contribution is -0.141. The molecule has 1 unspecified atom stereocenters. The highest BCUT2D eigenvalue weighted by atomic mass is 16.5. The summed E-state index contributed by atoms with van der Waals surface area (Å²) in [6, 6.07) is 2.69. The molecule has 2 heterocycles. The molecule has 2 rings (SSSR count). The third-order valence-corrected chi connectivity index (χ3v) is 3.16. The number of H-pyrrole nitrogens is 1. The van der Waals surface area contributed by atoms with Crippen LogP contribution in [0, 0.1) is 0 Å². The molecule has 0 aliphatic heterocycles. The van der Waals surface area contributed by atoms with E-state index < -0.39 is 23.3 Å². The summed E-state index contributed by atoms with van der Waals surface area (Å²) < 4.78 is 5.62. The van der Waals surface area contributed by atoms with Crippen molar-refractivity contribution in [1.29, 1.82) is 0 Å². The number of ether oxygens (including phenoxy) is 1. The summed E-state index contributed by atoms with van der Waals surface area (Å²) in [7, 11) is 1.27. The third-order valence-electron chi connectivity index (χ3n) is 3.16. The first-order valence-electron chi connectivity index (χ1n) is 6.24. The average molecular weight is 277 g/mol. The fourth-order valence-electron chi connectivity index (χ4n) is 2.08. The van der Waals surface area contributed by atoms with E-state index in [1.807, 2.05) is 0 Å². The summed E-state index contributed by atoms with van der Waals surface area (Å²) in [5, 5.41) is 0. The highest BCUT2D eigenvalue weighted by molar-refractivity contribution is 5.72. The van der Waals surface area contributed by atoms with Crippen LogP contribution in [-0.2, 0) is 9.53 Å². The average Bonchev–Trinajstić information content (AvgIpc) is 2.45. The van der Waals surface area contributed by atoms with Gasteiger partial charge in [-0.2, -0.15) is 0 Å². The Kier molecular flexibility index (Phi) is 3.97. The molecule has 1 N–H and O–H groups in total. The molecule has 2 aromatic heterocycles. The maximum Gasteiger partial charge on any atom is 0.329 e. The van der Waals surface area contributed by atoms with Crippen LogP contribution < -0.4 is 11.2 Å². The van der Waals surface area contributed by atoms with E-state index in [-0.39, 0.29) is 11.9 Å². The van der Waals surface area contributed by atoms with Gasteiger partial charge in [-0.05, 0) is 18.6 Å². The van der Waals surface area contributed by atoms with E-state index in [0.29, 0.717) is 11.9 Å². The normalized spacial score (nSPS) is 12.3. The quantitative estimate of drug-likeness (QED) is 0.826. The molecule has 7 heteroatoms. The van der Waals surface area contributed by atoms with E-state index in [0.717, 1.165) is 4.57 Å². The molecule has 0 aliphatic rings. The molecule has 0 aromatic carbocycles. The zero-order valence-electron chi connectivity index (χ0n) is 11.3. The molecule has 0 bridgehead atoms. The molecule has 7 nitrogen and oxygen atoms in total. The number of fused-ring (bicyclic) bond motifs is 1. The Hall–Kier alpha value is -2.44. The maximum atomic E-state index is 12.3. The van der Waals surface area contributed by atoms with Crippen LogP contribution in [0.5, 0.6) is 0 Å². The Balaban J connectivity index is 2.61. The van der Waals surface area contributed by atoms with Crippen LogP contribution in [0.3, 0.4) is 0 Å². The van der Waals surface area contributed by atoms with Gasteiger partial charge in [0, 0.05) is 6.20 Å². The van der Waals surface area contributed by atoms with Crippen LogP contribution in [0.15, 0.2) is 27.9 Å². The van der Waals surface area contributed by atoms with Crippen molar-refractivity contribution in [3.8, 4) is 0 Å². The summed E-state index contributed by atoms with van der Waals surface area (Å²) >= 11 is 0. The second-order valence-corrected chi connectivity index (χ2v) is 4.35. The number of carbonyl (C=O) groups is 1. The third kappa shape index (κ3) is 2.47. The fraction of sp³-hybridized carbons (Fsp3) is 0.385. The molecule has 0 saturated carbocycles. The van der Waals surface area contributed by atoms with Crippen LogP contribution in [0.2, 0.25) is 0 Å². The van der Waals surface area contributed by atoms with Crippen molar-refractivity contribution in [2.75, 3.05) is 7.11 Å². The van der Waals surface area contributed by atoms with Crippen LogP contribution in [0.1, 0.15) is 25.8 Å². The monoisotopic (exact) mass is 277 g/mol. The van der Waals surface area contributed by atoms with E-state index in [1.54, 1.807) is 19.1 Å². The zero-order valence-corrected chi connectivity index (χ0v) is 11.3. The number of hydrogen-bond acceptors (Lipinski definition) is 5. The number of rotatable bonds is 4. The number of nitrogens with zero attached hydrogens (tertiary/aromatic N) is 2. The van der Waals surface area contributed by atoms with Gasteiger partial charge in [0.05, 0.1) is 25.1 Å². The molecule has 0 spiro atoms. The van der Waals surface area contributed by atoms with Gasteiger partial charge in [-0.25, -0.2) is 9.78 Å². The molecular formula is C13H15N3O4. The van der Waals surface area contributed by atoms with Crippen molar-refractivity contribution < 1.29 is 9.53 Å². The van der Waals surface area contributed by atoms with Crippen molar-refractivity contribution in [2.24, 2.45) is 0 Å². The number of nitrogens with one attached hydrogen (secondary N) is 1. The summed E-state index contributed by atoms with van der Waals surface area (Å²) in [6.45, 7) is 1.79. The minimum Gasteiger partial charge on any atom is -0.469 e. The van der Waals surface area contributed by atoms with Gasteiger partial charge in [0.1, 0.15) is 0 Å². The smallest absolute Gasteiger partial charge is 0.329 e. The molecule has 106 valence electrons. The Morgan fingerprint density at radius 2 is 2.25 bits per heavy atom. The van der Waals surface area contributed by atoms with E-state index in [2.05, 4.69) is 14.7 Å². The van der Waals surface area contributed by atoms with Gasteiger partial charge < -0.3 is 9.72 Å². The Morgan fingerprint density at radius 1 is 1.50 bits per heavy atom. The molecule has 1 atom stereocenters. The van der Waals surface area contributed by atoms with Crippen molar-refractivity contribution in [3.05, 3.63) is 39.2 Å². The fourth-order valence-corrected chi connectivity index (χ4v) is 2.08. The van der Waals surface area contributed by atoms with E-state index in [9.17, 15) is 14.4 Å². The Bertz CT molecular complexity index is 747. The first kappa shape index (κ1) is 14.0. The van der Waals surface area contributed by atoms with Crippen molar-refractivity contribution >= 4 is 17.0 Å². The molecule has 0 amide bonds. The predicted octanol–water partition coefficient (Wildman–Crippen LogP) is 0.599. The largest absolute Gasteiger partial charge is 0.469 e. The number of hydrogen-bond donors (Lipinski definition) is 1. The van der Waals surface area contributed by atoms with Gasteiger partial charge in [-0.15, -0.1) is 0 Å². The van der Waals surface area contributed by atoms with E-state index in [4.69, 9.17) is 0 Å². The van der Waals surface area contributed by atoms with Crippen molar-refractivity contribution in [1.82, 2.24) is 14.5 Å². The minimum absolute atomic E-state index is 0.0334. The van der Waals surface area contributed by atoms with E-state index in [1.165, 1.54) is 13.3 Å². The summed E-state index contributed by atoms with van der Waals surface area (Å²) in [5.74, 6) is -0.468. The van der Waals surface area contributed by atoms with Crippen LogP contribution in [0.25, 0.3) is 11.0 Å². The maximum absolute atomic E-state index is 12.3. The van der Waals surface area contributed by atoms with Crippen LogP contribution in [0.4, 0.5) is 0 Å². The predicted molar refractivity (Wildman–Crippen MR) is 72.6 cm³/mol. The number of aromatic nitrogens is 3. The van der Waals surface area contributed by atoms with Gasteiger partial charge in [-0.1, -0.05) is 6.92 Å². The lowest BCUT2D eigenvalue weighted by Gasteiger charge is -2.16. The Labute approximate surface area is 114 Å². The first-order valence-corrected chi connectivity index (χ1v) is 6.24. The lowest BCUT2D eigenvalue weighted by atomic mass is 10.1. The van der Waals surface area contributed by atoms with Gasteiger partial charge in [0.25, 0.3) is 5.56 Å². The molecule has 0 saturated heterocycles. The summed E-state index contributed by atoms with van der Waals surface area (Å²) in [6.07, 6.45) is 1.90. The number of carbonyl (C=O) groups excluding carboxylic acids is 1. The van der Waals surface area contributed by atoms with Gasteiger partial charge in [0.2, 0.25) is 0 Å². The summed E-state index contributed by atoms with van der Waals surface area (Å²) in [4.78, 5) is 42.4. The molecule has 0 radical (unpaired) electrons. The van der Waals surface area contributed by atoms with E-state index >= 15 is 0 Å². The van der Waals surface area contributed by atoms with Gasteiger partial charge in [-0.3, -0.25) is 14.2 Å². The minimum atomic E-state index is -0.551. The molecule has 0 aliphatic carbocycles. The number of aromatic amines is 1. The number of pyridine rings is 1. The van der Waals surface area contributed by atoms with Crippen LogP contribution in [-0.4, -0.2) is 27.6 Å². The first-order chi connectivity index (χ1) is 9.58. The molecule has 20 heavy (non-hydrogen) atoms. The topological polar surface area (TPSA) is 94.1 Å². The molecule has 2 aromatic rings. The Morgan fingerprint density at radius 3 is 2.90 bits per heavy atom. The molecule has 0 fully saturated rings. The highest BCUT2D eigenvalue weighted by Crippen LogP contribution is 2.13. The summed E-state index contributed by atoms with van der Waals surface area (Å²) in [5.41, 5.74) is -0.492. The highest BCUT2D eigenvalue weighted by Gasteiger charge is 2.19. The second kappa shape index (κ2) is 5.68. The van der Waals surface area contributed by atoms with Gasteiger partial charge >= 0.3 is 11.7 Å². The zero-order chi connectivity index (χ0) is 14.7. The lowest BCUT2D eigenvalue weighted by Crippen LogP contribution is -2.39. The molecular weight excluding hydrogens is 262 g/mol. The van der Waals surface area contributed by atoms with Crippen molar-refractivity contribution in [2.45, 2.75) is 25.8 Å². The van der Waals surface area contributed by atoms with Crippen LogP contribution >= 0.6 is 0 Å². The number of methoxy groups -OCH3 is 1. The standard InChI is InChI=1S/C13H15N3O4/c1-3-8(7-10(17)20-2)16-12(18)11-9(15-13(16)19)5-4-6-14-11/h4-6,8H,3,7H2,1-2H3,(H,15,19). The number of esters is 1. The van der Waals surface area contributed by atoms with Crippen molar-refractivity contribution in [3.63, 3.8) is 0 Å². The SMILES string of the molecule is CCC(CC(=O)OC)n1c(=O)[nH]c2cccnc2c1=O.